The molecule has 1 heterocycles. The summed E-state index contributed by atoms with van der Waals surface area (Å²) < 4.78 is 0. The zero-order valence-electron chi connectivity index (χ0n) is 10.1. The van der Waals surface area contributed by atoms with Crippen molar-refractivity contribution in [3.63, 3.8) is 0 Å². The maximum absolute atomic E-state index is 11.8. The van der Waals surface area contributed by atoms with E-state index in [0.29, 0.717) is 5.92 Å². The zero-order valence-corrected chi connectivity index (χ0v) is 10.1. The second-order valence-electron chi connectivity index (χ2n) is 4.90. The molecule has 2 amide bonds. The van der Waals surface area contributed by atoms with Crippen LogP contribution in [0.5, 0.6) is 0 Å². The van der Waals surface area contributed by atoms with Crippen LogP contribution >= 0.6 is 0 Å². The third kappa shape index (κ3) is 1.76. The molecular weight excluding hydrogens is 226 g/mol. The minimum atomic E-state index is -0.159. The summed E-state index contributed by atoms with van der Waals surface area (Å²) >= 11 is 0. The number of carbonyl (C=O) groups excluding carboxylic acids is 2. The molecule has 92 valence electrons. The summed E-state index contributed by atoms with van der Waals surface area (Å²) in [4.78, 5) is 25.0. The molecule has 3 heteroatoms. The number of hydrogen-bond donors (Lipinski definition) is 0. The fraction of sp³-hybridized carbons (Fsp3) is 0.333. The molecule has 0 N–H and O–H groups in total. The summed E-state index contributed by atoms with van der Waals surface area (Å²) in [5.41, 5.74) is 1.23. The molecule has 1 aromatic rings. The molecule has 1 aliphatic heterocycles. The van der Waals surface area contributed by atoms with Gasteiger partial charge in [0.25, 0.3) is 11.8 Å². The van der Waals surface area contributed by atoms with Crippen molar-refractivity contribution < 1.29 is 9.59 Å². The molecule has 0 spiro atoms. The van der Waals surface area contributed by atoms with E-state index in [0.717, 1.165) is 19.3 Å². The van der Waals surface area contributed by atoms with E-state index < -0.39 is 0 Å². The van der Waals surface area contributed by atoms with E-state index >= 15 is 0 Å². The van der Waals surface area contributed by atoms with E-state index in [2.05, 4.69) is 12.1 Å². The number of rotatable bonds is 2. The second-order valence-corrected chi connectivity index (χ2v) is 4.90. The molecule has 2 atom stereocenters. The summed E-state index contributed by atoms with van der Waals surface area (Å²) in [6.07, 6.45) is 5.79. The highest BCUT2D eigenvalue weighted by Crippen LogP contribution is 2.38. The molecule has 0 saturated heterocycles. The van der Waals surface area contributed by atoms with Crippen LogP contribution in [0.15, 0.2) is 42.5 Å². The van der Waals surface area contributed by atoms with E-state index in [1.807, 2.05) is 18.2 Å². The maximum Gasteiger partial charge on any atom is 0.253 e. The van der Waals surface area contributed by atoms with Crippen LogP contribution in [-0.2, 0) is 9.59 Å². The van der Waals surface area contributed by atoms with Crippen molar-refractivity contribution in [1.29, 1.82) is 0 Å². The first-order valence-electron chi connectivity index (χ1n) is 6.37. The summed E-state index contributed by atoms with van der Waals surface area (Å²) in [5.74, 6) is -0.0281. The van der Waals surface area contributed by atoms with Crippen molar-refractivity contribution in [2.75, 3.05) is 0 Å². The number of nitrogens with zero attached hydrogens (tertiary/aromatic N) is 1. The topological polar surface area (TPSA) is 37.4 Å². The first-order valence-corrected chi connectivity index (χ1v) is 6.37. The van der Waals surface area contributed by atoms with Gasteiger partial charge in [0.05, 0.1) is 0 Å². The Balaban J connectivity index is 1.88. The molecule has 1 fully saturated rings. The van der Waals surface area contributed by atoms with Gasteiger partial charge in [0.1, 0.15) is 0 Å². The highest BCUT2D eigenvalue weighted by Gasteiger charge is 2.39. The standard InChI is InChI=1S/C15H15NO2/c17-14-9-10-15(18)16(14)13-8-4-7-12(13)11-5-2-1-3-6-11/h1-3,5-6,9-10,12-13H,4,7-8H2/t12-,13-/m0/s1. The molecular formula is C15H15NO2. The largest absolute Gasteiger partial charge is 0.272 e. The predicted molar refractivity (Wildman–Crippen MR) is 67.8 cm³/mol. The van der Waals surface area contributed by atoms with Crippen molar-refractivity contribution in [2.45, 2.75) is 31.2 Å². The minimum absolute atomic E-state index is 0.0300. The SMILES string of the molecule is O=C1C=CC(=O)N1[C@H]1CCC[C@H]1c1ccccc1. The van der Waals surface area contributed by atoms with Crippen molar-refractivity contribution >= 4 is 11.8 Å². The Morgan fingerprint density at radius 1 is 0.944 bits per heavy atom. The lowest BCUT2D eigenvalue weighted by Gasteiger charge is -2.28. The van der Waals surface area contributed by atoms with Crippen LogP contribution in [0, 0.1) is 0 Å². The maximum atomic E-state index is 11.8. The van der Waals surface area contributed by atoms with Gasteiger partial charge in [-0.25, -0.2) is 0 Å². The molecule has 0 radical (unpaired) electrons. The van der Waals surface area contributed by atoms with Gasteiger partial charge in [-0.2, -0.15) is 0 Å². The molecule has 1 aromatic carbocycles. The van der Waals surface area contributed by atoms with Gasteiger partial charge >= 0.3 is 0 Å². The highest BCUT2D eigenvalue weighted by molar-refractivity contribution is 6.13. The Hall–Kier alpha value is -1.90. The lowest BCUT2D eigenvalue weighted by atomic mass is 9.93. The van der Waals surface area contributed by atoms with E-state index in [1.54, 1.807) is 0 Å². The summed E-state index contributed by atoms with van der Waals surface area (Å²) in [5, 5.41) is 0. The molecule has 2 aliphatic rings. The van der Waals surface area contributed by atoms with Gasteiger partial charge in [0.2, 0.25) is 0 Å². The summed E-state index contributed by atoms with van der Waals surface area (Å²) in [6.45, 7) is 0. The van der Waals surface area contributed by atoms with Crippen LogP contribution in [-0.4, -0.2) is 22.8 Å². The van der Waals surface area contributed by atoms with Gasteiger partial charge < -0.3 is 0 Å². The molecule has 0 unspecified atom stereocenters. The Bertz CT molecular complexity index is 488. The van der Waals surface area contributed by atoms with E-state index in [-0.39, 0.29) is 17.9 Å². The first-order chi connectivity index (χ1) is 8.77. The van der Waals surface area contributed by atoms with E-state index in [4.69, 9.17) is 0 Å². The van der Waals surface area contributed by atoms with Crippen LogP contribution in [0.2, 0.25) is 0 Å². The van der Waals surface area contributed by atoms with Crippen LogP contribution < -0.4 is 0 Å². The lowest BCUT2D eigenvalue weighted by Crippen LogP contribution is -2.41. The van der Waals surface area contributed by atoms with Crippen LogP contribution in [0.4, 0.5) is 0 Å². The highest BCUT2D eigenvalue weighted by atomic mass is 16.2. The number of amides is 2. The van der Waals surface area contributed by atoms with Gasteiger partial charge in [0.15, 0.2) is 0 Å². The Labute approximate surface area is 106 Å². The molecule has 3 rings (SSSR count). The van der Waals surface area contributed by atoms with Crippen molar-refractivity contribution in [1.82, 2.24) is 4.90 Å². The molecule has 3 nitrogen and oxygen atoms in total. The smallest absolute Gasteiger partial charge is 0.253 e. The molecule has 0 bridgehead atoms. The molecule has 0 aromatic heterocycles. The molecule has 1 aliphatic carbocycles. The average molecular weight is 241 g/mol. The van der Waals surface area contributed by atoms with Crippen molar-refractivity contribution in [2.24, 2.45) is 0 Å². The number of benzene rings is 1. The van der Waals surface area contributed by atoms with Crippen LogP contribution in [0.1, 0.15) is 30.7 Å². The summed E-state index contributed by atoms with van der Waals surface area (Å²) in [7, 11) is 0. The van der Waals surface area contributed by atoms with E-state index in [9.17, 15) is 9.59 Å². The fourth-order valence-electron chi connectivity index (χ4n) is 3.08. The average Bonchev–Trinajstić information content (AvgIpc) is 2.97. The normalized spacial score (nSPS) is 27.2. The first kappa shape index (κ1) is 11.2. The fourth-order valence-corrected chi connectivity index (χ4v) is 3.08. The Morgan fingerprint density at radius 3 is 2.28 bits per heavy atom. The zero-order chi connectivity index (χ0) is 12.5. The van der Waals surface area contributed by atoms with Gasteiger partial charge in [-0.3, -0.25) is 14.5 Å². The predicted octanol–water partition coefficient (Wildman–Crippen LogP) is 2.25. The third-order valence-electron chi connectivity index (χ3n) is 3.88. The van der Waals surface area contributed by atoms with Gasteiger partial charge in [-0.15, -0.1) is 0 Å². The molecule has 1 saturated carbocycles. The van der Waals surface area contributed by atoms with Gasteiger partial charge in [-0.1, -0.05) is 36.8 Å². The Morgan fingerprint density at radius 2 is 1.61 bits per heavy atom. The third-order valence-corrected chi connectivity index (χ3v) is 3.88. The van der Waals surface area contributed by atoms with Gasteiger partial charge in [0, 0.05) is 24.1 Å². The van der Waals surface area contributed by atoms with Gasteiger partial charge in [-0.05, 0) is 18.4 Å². The van der Waals surface area contributed by atoms with Crippen molar-refractivity contribution in [3.8, 4) is 0 Å². The van der Waals surface area contributed by atoms with E-state index in [1.165, 1.54) is 22.6 Å². The van der Waals surface area contributed by atoms with Crippen molar-refractivity contribution in [3.05, 3.63) is 48.0 Å². The minimum Gasteiger partial charge on any atom is -0.272 e. The molecule has 18 heavy (non-hydrogen) atoms. The number of carbonyl (C=O) groups is 2. The second kappa shape index (κ2) is 4.41. The monoisotopic (exact) mass is 241 g/mol. The number of imide groups is 1. The van der Waals surface area contributed by atoms with Crippen LogP contribution in [0.3, 0.4) is 0 Å². The lowest BCUT2D eigenvalue weighted by molar-refractivity contribution is -0.139. The quantitative estimate of drug-likeness (QED) is 0.745. The number of hydrogen-bond acceptors (Lipinski definition) is 2. The summed E-state index contributed by atoms with van der Waals surface area (Å²) in [6, 6.07) is 10.2. The Kier molecular flexibility index (Phi) is 2.74. The van der Waals surface area contributed by atoms with Crippen LogP contribution in [0.25, 0.3) is 0 Å².